The van der Waals surface area contributed by atoms with E-state index in [4.69, 9.17) is 27.9 Å². The third kappa shape index (κ3) is 3.12. The first-order valence-electron chi connectivity index (χ1n) is 6.35. The molecular formula is C13H17Cl2NO3S. The summed E-state index contributed by atoms with van der Waals surface area (Å²) in [6, 6.07) is 3.01. The molecule has 0 atom stereocenters. The lowest BCUT2D eigenvalue weighted by Crippen LogP contribution is -2.40. The maximum absolute atomic E-state index is 12.6. The molecule has 112 valence electrons. The number of piperidine rings is 1. The summed E-state index contributed by atoms with van der Waals surface area (Å²) in [6.07, 6.45) is 1.52. The number of rotatable bonds is 3. The van der Waals surface area contributed by atoms with Crippen molar-refractivity contribution in [1.82, 2.24) is 4.31 Å². The number of sulfonamides is 1. The highest BCUT2D eigenvalue weighted by molar-refractivity contribution is 7.89. The third-order valence-electron chi connectivity index (χ3n) is 3.57. The van der Waals surface area contributed by atoms with Gasteiger partial charge < -0.3 is 4.74 Å². The summed E-state index contributed by atoms with van der Waals surface area (Å²) in [4.78, 5) is 0.122. The topological polar surface area (TPSA) is 46.6 Å². The van der Waals surface area contributed by atoms with Crippen LogP contribution in [-0.4, -0.2) is 39.0 Å². The second-order valence-corrected chi connectivity index (χ2v) is 7.59. The molecule has 0 saturated carbocycles. The Hall–Kier alpha value is -0.330. The van der Waals surface area contributed by atoms with E-state index in [2.05, 4.69) is 0 Å². The first-order valence-corrected chi connectivity index (χ1v) is 8.54. The SMILES string of the molecule is COC1CCN(S(=O)(=O)c2cc(C)c(Cl)cc2Cl)CC1. The summed E-state index contributed by atoms with van der Waals surface area (Å²) in [5.74, 6) is 0. The van der Waals surface area contributed by atoms with Crippen LogP contribution >= 0.6 is 23.2 Å². The van der Waals surface area contributed by atoms with Gasteiger partial charge in [-0.25, -0.2) is 8.42 Å². The molecule has 2 rings (SSSR count). The number of hydrogen-bond donors (Lipinski definition) is 0. The Morgan fingerprint density at radius 2 is 1.80 bits per heavy atom. The fraction of sp³-hybridized carbons (Fsp3) is 0.538. The van der Waals surface area contributed by atoms with Crippen LogP contribution in [0.3, 0.4) is 0 Å². The lowest BCUT2D eigenvalue weighted by Gasteiger charge is -2.30. The highest BCUT2D eigenvalue weighted by atomic mass is 35.5. The van der Waals surface area contributed by atoms with Crippen LogP contribution in [0, 0.1) is 6.92 Å². The molecule has 1 heterocycles. The van der Waals surface area contributed by atoms with Crippen molar-refractivity contribution in [3.8, 4) is 0 Å². The number of ether oxygens (including phenoxy) is 1. The summed E-state index contributed by atoms with van der Waals surface area (Å²) >= 11 is 12.0. The van der Waals surface area contributed by atoms with Gasteiger partial charge in [0.2, 0.25) is 10.0 Å². The van der Waals surface area contributed by atoms with E-state index in [0.29, 0.717) is 36.5 Å². The molecule has 1 aromatic carbocycles. The maximum Gasteiger partial charge on any atom is 0.244 e. The van der Waals surface area contributed by atoms with E-state index in [1.807, 2.05) is 0 Å². The van der Waals surface area contributed by atoms with Crippen LogP contribution in [0.2, 0.25) is 10.0 Å². The van der Waals surface area contributed by atoms with Gasteiger partial charge in [-0.05, 0) is 37.5 Å². The summed E-state index contributed by atoms with van der Waals surface area (Å²) in [5, 5.41) is 0.626. The smallest absolute Gasteiger partial charge is 0.244 e. The van der Waals surface area contributed by atoms with Crippen LogP contribution in [0.15, 0.2) is 17.0 Å². The van der Waals surface area contributed by atoms with Crippen LogP contribution in [-0.2, 0) is 14.8 Å². The normalized spacial score (nSPS) is 18.4. The minimum atomic E-state index is -3.58. The van der Waals surface area contributed by atoms with E-state index in [-0.39, 0.29) is 16.0 Å². The van der Waals surface area contributed by atoms with E-state index in [0.717, 1.165) is 0 Å². The fourth-order valence-electron chi connectivity index (χ4n) is 2.28. The van der Waals surface area contributed by atoms with Crippen molar-refractivity contribution in [1.29, 1.82) is 0 Å². The van der Waals surface area contributed by atoms with Gasteiger partial charge in [-0.1, -0.05) is 23.2 Å². The van der Waals surface area contributed by atoms with E-state index in [1.54, 1.807) is 14.0 Å². The van der Waals surface area contributed by atoms with E-state index in [1.165, 1.54) is 16.4 Å². The van der Waals surface area contributed by atoms with Gasteiger partial charge in [-0.15, -0.1) is 0 Å². The third-order valence-corrected chi connectivity index (χ3v) is 6.34. The minimum absolute atomic E-state index is 0.122. The Labute approximate surface area is 129 Å². The fourth-order valence-corrected chi connectivity index (χ4v) is 4.55. The number of hydrogen-bond acceptors (Lipinski definition) is 3. The standard InChI is InChI=1S/C13H17Cl2NO3S/c1-9-7-13(12(15)8-11(9)14)20(17,18)16-5-3-10(19-2)4-6-16/h7-8,10H,3-6H2,1-2H3. The molecule has 0 aromatic heterocycles. The van der Waals surface area contributed by atoms with Gasteiger partial charge in [0, 0.05) is 25.2 Å². The number of halogens is 2. The first-order chi connectivity index (χ1) is 9.36. The molecule has 0 amide bonds. The molecule has 0 aliphatic carbocycles. The van der Waals surface area contributed by atoms with Gasteiger partial charge in [-0.2, -0.15) is 4.31 Å². The zero-order valence-electron chi connectivity index (χ0n) is 11.4. The van der Waals surface area contributed by atoms with Crippen LogP contribution in [0.5, 0.6) is 0 Å². The average molecular weight is 338 g/mol. The van der Waals surface area contributed by atoms with Gasteiger partial charge in [-0.3, -0.25) is 0 Å². The molecule has 7 heteroatoms. The van der Waals surface area contributed by atoms with Crippen LogP contribution in [0.25, 0.3) is 0 Å². The first kappa shape index (κ1) is 16.0. The Bertz CT molecular complexity index is 596. The quantitative estimate of drug-likeness (QED) is 0.851. The zero-order valence-corrected chi connectivity index (χ0v) is 13.7. The lowest BCUT2D eigenvalue weighted by atomic mass is 10.1. The maximum atomic E-state index is 12.6. The Morgan fingerprint density at radius 1 is 1.20 bits per heavy atom. The van der Waals surface area contributed by atoms with Gasteiger partial charge in [0.25, 0.3) is 0 Å². The summed E-state index contributed by atoms with van der Waals surface area (Å²) in [5.41, 5.74) is 0.696. The van der Waals surface area contributed by atoms with Crippen molar-refractivity contribution >= 4 is 33.2 Å². The molecule has 0 radical (unpaired) electrons. The van der Waals surface area contributed by atoms with Crippen molar-refractivity contribution < 1.29 is 13.2 Å². The highest BCUT2D eigenvalue weighted by Crippen LogP contribution is 2.31. The van der Waals surface area contributed by atoms with Gasteiger partial charge in [0.1, 0.15) is 4.90 Å². The molecule has 4 nitrogen and oxygen atoms in total. The largest absolute Gasteiger partial charge is 0.381 e. The number of benzene rings is 1. The molecule has 0 bridgehead atoms. The molecule has 20 heavy (non-hydrogen) atoms. The molecule has 1 aromatic rings. The lowest BCUT2D eigenvalue weighted by molar-refractivity contribution is 0.0604. The molecule has 1 saturated heterocycles. The van der Waals surface area contributed by atoms with Crippen molar-refractivity contribution in [3.05, 3.63) is 27.7 Å². The molecule has 0 N–H and O–H groups in total. The summed E-state index contributed by atoms with van der Waals surface area (Å²) < 4.78 is 32.0. The Kier molecular flexibility index (Phi) is 4.97. The van der Waals surface area contributed by atoms with Crippen molar-refractivity contribution in [2.24, 2.45) is 0 Å². The second-order valence-electron chi connectivity index (χ2n) is 4.87. The van der Waals surface area contributed by atoms with Crippen LogP contribution in [0.1, 0.15) is 18.4 Å². The minimum Gasteiger partial charge on any atom is -0.381 e. The van der Waals surface area contributed by atoms with E-state index < -0.39 is 10.0 Å². The molecular weight excluding hydrogens is 321 g/mol. The number of methoxy groups -OCH3 is 1. The van der Waals surface area contributed by atoms with Crippen molar-refractivity contribution in [2.45, 2.75) is 30.8 Å². The molecule has 1 aliphatic heterocycles. The summed E-state index contributed by atoms with van der Waals surface area (Å²) in [7, 11) is -1.93. The molecule has 1 aliphatic rings. The Balaban J connectivity index is 2.30. The van der Waals surface area contributed by atoms with Gasteiger partial charge in [0.15, 0.2) is 0 Å². The van der Waals surface area contributed by atoms with Gasteiger partial charge in [0.05, 0.1) is 11.1 Å². The van der Waals surface area contributed by atoms with Crippen LogP contribution < -0.4 is 0 Å². The Morgan fingerprint density at radius 3 is 2.35 bits per heavy atom. The van der Waals surface area contributed by atoms with Crippen LogP contribution in [0.4, 0.5) is 0 Å². The summed E-state index contributed by atoms with van der Waals surface area (Å²) in [6.45, 7) is 2.65. The predicted molar refractivity (Wildman–Crippen MR) is 80.0 cm³/mol. The molecule has 0 spiro atoms. The van der Waals surface area contributed by atoms with Crippen molar-refractivity contribution in [3.63, 3.8) is 0 Å². The van der Waals surface area contributed by atoms with E-state index >= 15 is 0 Å². The van der Waals surface area contributed by atoms with Crippen molar-refractivity contribution in [2.75, 3.05) is 20.2 Å². The highest BCUT2D eigenvalue weighted by Gasteiger charge is 2.31. The van der Waals surface area contributed by atoms with E-state index in [9.17, 15) is 8.42 Å². The molecule has 0 unspecified atom stereocenters. The van der Waals surface area contributed by atoms with Gasteiger partial charge >= 0.3 is 0 Å². The number of aryl methyl sites for hydroxylation is 1. The average Bonchev–Trinajstić information content (AvgIpc) is 2.42. The number of nitrogens with zero attached hydrogens (tertiary/aromatic N) is 1. The monoisotopic (exact) mass is 337 g/mol. The zero-order chi connectivity index (χ0) is 14.9. The predicted octanol–water partition coefficient (Wildman–Crippen LogP) is 3.10. The second kappa shape index (κ2) is 6.20. The molecule has 1 fully saturated rings.